The first-order valence-corrected chi connectivity index (χ1v) is 2.01. The standard InChI is InChI=1S/C4H6N3/c1-3-4(5)2-6-7-3/h2H,5H2,1H3. The highest BCUT2D eigenvalue weighted by Crippen LogP contribution is 1.97. The summed E-state index contributed by atoms with van der Waals surface area (Å²) in [5.41, 5.74) is 10.4. The van der Waals surface area contributed by atoms with Gasteiger partial charge in [-0.05, 0) is 6.92 Å². The van der Waals surface area contributed by atoms with Crippen LogP contribution in [0.3, 0.4) is 0 Å². The second-order valence-electron chi connectivity index (χ2n) is 1.39. The molecule has 0 amide bonds. The quantitative estimate of drug-likeness (QED) is 0.445. The first-order valence-electron chi connectivity index (χ1n) is 2.01. The molecule has 0 aromatic rings. The van der Waals surface area contributed by atoms with Crippen molar-refractivity contribution >= 4 is 6.21 Å². The lowest BCUT2D eigenvalue weighted by atomic mass is 10.4. The van der Waals surface area contributed by atoms with Crippen LogP contribution >= 0.6 is 0 Å². The monoisotopic (exact) mass is 96.1 g/mol. The van der Waals surface area contributed by atoms with E-state index < -0.39 is 0 Å². The highest BCUT2D eigenvalue weighted by atomic mass is 15.3. The van der Waals surface area contributed by atoms with Gasteiger partial charge in [-0.25, -0.2) is 0 Å². The van der Waals surface area contributed by atoms with Crippen molar-refractivity contribution < 1.29 is 0 Å². The van der Waals surface area contributed by atoms with E-state index in [1.54, 1.807) is 0 Å². The lowest BCUT2D eigenvalue weighted by Crippen LogP contribution is -1.98. The molecule has 0 bridgehead atoms. The van der Waals surface area contributed by atoms with Gasteiger partial charge in [0.1, 0.15) is 0 Å². The zero-order chi connectivity index (χ0) is 5.28. The smallest absolute Gasteiger partial charge is 0.0844 e. The van der Waals surface area contributed by atoms with Gasteiger partial charge in [-0.3, -0.25) is 0 Å². The summed E-state index contributed by atoms with van der Waals surface area (Å²) in [6.45, 7) is 1.82. The maximum Gasteiger partial charge on any atom is 0.0844 e. The molecule has 7 heavy (non-hydrogen) atoms. The van der Waals surface area contributed by atoms with Gasteiger partial charge in [0.15, 0.2) is 0 Å². The molecule has 0 aromatic heterocycles. The summed E-state index contributed by atoms with van der Waals surface area (Å²) in [6.07, 6.45) is 1.54. The average molecular weight is 96.1 g/mol. The van der Waals surface area contributed by atoms with E-state index in [0.717, 1.165) is 5.70 Å². The van der Waals surface area contributed by atoms with Crippen LogP contribution in [0.4, 0.5) is 0 Å². The van der Waals surface area contributed by atoms with E-state index in [-0.39, 0.29) is 0 Å². The number of hydrogen-bond acceptors (Lipinski definition) is 2. The Labute approximate surface area is 41.9 Å². The third-order valence-corrected chi connectivity index (χ3v) is 0.822. The average Bonchev–Trinajstić information content (AvgIpc) is 1.91. The second-order valence-corrected chi connectivity index (χ2v) is 1.39. The lowest BCUT2D eigenvalue weighted by Gasteiger charge is -1.84. The van der Waals surface area contributed by atoms with Crippen molar-refractivity contribution in [2.24, 2.45) is 10.8 Å². The Balaban J connectivity index is 2.79. The Morgan fingerprint density at radius 2 is 2.43 bits per heavy atom. The maximum atomic E-state index is 5.31. The predicted molar refractivity (Wildman–Crippen MR) is 27.5 cm³/mol. The van der Waals surface area contributed by atoms with Gasteiger partial charge in [-0.2, -0.15) is 10.5 Å². The fourth-order valence-corrected chi connectivity index (χ4v) is 0.329. The van der Waals surface area contributed by atoms with Gasteiger partial charge in [0.25, 0.3) is 0 Å². The molecule has 1 heterocycles. The van der Waals surface area contributed by atoms with Crippen LogP contribution in [0, 0.1) is 0 Å². The van der Waals surface area contributed by atoms with Gasteiger partial charge in [0, 0.05) is 0 Å². The Bertz CT molecular complexity index is 134. The van der Waals surface area contributed by atoms with Crippen LogP contribution in [0.25, 0.3) is 0 Å². The normalized spacial score (nSPS) is 17.9. The number of rotatable bonds is 0. The molecule has 2 N–H and O–H groups in total. The second kappa shape index (κ2) is 1.26. The molecule has 0 saturated carbocycles. The Morgan fingerprint density at radius 3 is 2.57 bits per heavy atom. The van der Waals surface area contributed by atoms with Crippen LogP contribution in [0.15, 0.2) is 16.5 Å². The van der Waals surface area contributed by atoms with Crippen molar-refractivity contribution in [3.8, 4) is 0 Å². The predicted octanol–water partition coefficient (Wildman–Crippen LogP) is -0.220. The highest BCUT2D eigenvalue weighted by Gasteiger charge is 1.99. The van der Waals surface area contributed by atoms with Crippen LogP contribution in [0.5, 0.6) is 0 Å². The van der Waals surface area contributed by atoms with E-state index in [2.05, 4.69) is 10.5 Å². The van der Waals surface area contributed by atoms with Gasteiger partial charge in [0.05, 0.1) is 17.6 Å². The van der Waals surface area contributed by atoms with Crippen LogP contribution in [0.2, 0.25) is 0 Å². The Kier molecular flexibility index (Phi) is 0.749. The van der Waals surface area contributed by atoms with Crippen LogP contribution < -0.4 is 11.2 Å². The largest absolute Gasteiger partial charge is 0.396 e. The van der Waals surface area contributed by atoms with Crippen molar-refractivity contribution in [3.05, 3.63) is 11.4 Å². The summed E-state index contributed by atoms with van der Waals surface area (Å²) >= 11 is 0. The van der Waals surface area contributed by atoms with E-state index in [1.807, 2.05) is 6.92 Å². The molecule has 1 rings (SSSR count). The molecule has 1 aliphatic heterocycles. The van der Waals surface area contributed by atoms with E-state index in [0.29, 0.717) is 5.70 Å². The first-order chi connectivity index (χ1) is 3.30. The Hall–Kier alpha value is -0.990. The lowest BCUT2D eigenvalue weighted by molar-refractivity contribution is 0.891. The van der Waals surface area contributed by atoms with Crippen LogP contribution in [-0.4, -0.2) is 6.21 Å². The summed E-state index contributed by atoms with van der Waals surface area (Å²) in [5.74, 6) is 0. The van der Waals surface area contributed by atoms with Gasteiger partial charge in [0.2, 0.25) is 0 Å². The van der Waals surface area contributed by atoms with Gasteiger partial charge >= 0.3 is 0 Å². The topological polar surface area (TPSA) is 52.5 Å². The van der Waals surface area contributed by atoms with Crippen molar-refractivity contribution in [2.75, 3.05) is 0 Å². The molecule has 0 spiro atoms. The van der Waals surface area contributed by atoms with E-state index >= 15 is 0 Å². The molecule has 3 nitrogen and oxygen atoms in total. The summed E-state index contributed by atoms with van der Waals surface area (Å²) in [6, 6.07) is 0. The molecular formula is C4H6N3. The van der Waals surface area contributed by atoms with E-state index in [4.69, 9.17) is 5.73 Å². The molecule has 3 heteroatoms. The molecule has 37 valence electrons. The summed E-state index contributed by atoms with van der Waals surface area (Å²) in [4.78, 5) is 0. The molecule has 1 aliphatic rings. The minimum Gasteiger partial charge on any atom is -0.396 e. The minimum absolute atomic E-state index is 0.667. The highest BCUT2D eigenvalue weighted by molar-refractivity contribution is 5.79. The zero-order valence-electron chi connectivity index (χ0n) is 4.05. The van der Waals surface area contributed by atoms with E-state index in [1.165, 1.54) is 6.21 Å². The van der Waals surface area contributed by atoms with Crippen LogP contribution in [0.1, 0.15) is 6.92 Å². The third kappa shape index (κ3) is 0.559. The Morgan fingerprint density at radius 1 is 1.71 bits per heavy atom. The SMILES string of the molecule is CC1=C(N)C=N[N]1. The molecular weight excluding hydrogens is 90.1 g/mol. The van der Waals surface area contributed by atoms with Gasteiger partial charge in [-0.15, -0.1) is 0 Å². The minimum atomic E-state index is 0.667. The van der Waals surface area contributed by atoms with E-state index in [9.17, 15) is 0 Å². The molecule has 0 aromatic carbocycles. The summed E-state index contributed by atoms with van der Waals surface area (Å²) < 4.78 is 0. The van der Waals surface area contributed by atoms with Crippen molar-refractivity contribution in [3.63, 3.8) is 0 Å². The summed E-state index contributed by atoms with van der Waals surface area (Å²) in [5, 5.41) is 3.55. The molecule has 1 radical (unpaired) electrons. The molecule has 0 aliphatic carbocycles. The molecule has 0 fully saturated rings. The number of allylic oxidation sites excluding steroid dienone is 2. The van der Waals surface area contributed by atoms with Crippen molar-refractivity contribution in [1.82, 2.24) is 5.43 Å². The van der Waals surface area contributed by atoms with Crippen molar-refractivity contribution in [1.29, 1.82) is 0 Å². The fourth-order valence-electron chi connectivity index (χ4n) is 0.329. The van der Waals surface area contributed by atoms with Gasteiger partial charge < -0.3 is 5.73 Å². The van der Waals surface area contributed by atoms with Crippen LogP contribution in [-0.2, 0) is 0 Å². The summed E-state index contributed by atoms with van der Waals surface area (Å²) in [7, 11) is 0. The number of hydrogen-bond donors (Lipinski definition) is 1. The van der Waals surface area contributed by atoms with Gasteiger partial charge in [-0.1, -0.05) is 0 Å². The zero-order valence-corrected chi connectivity index (χ0v) is 4.05. The molecule has 0 saturated heterocycles. The fraction of sp³-hybridized carbons (Fsp3) is 0.250. The number of nitrogens with two attached hydrogens (primary N) is 1. The molecule has 0 atom stereocenters. The maximum absolute atomic E-state index is 5.31. The van der Waals surface area contributed by atoms with Crippen molar-refractivity contribution in [2.45, 2.75) is 6.92 Å². The first kappa shape index (κ1) is 4.18. The number of nitrogens with zero attached hydrogens (tertiary/aromatic N) is 2. The molecule has 0 unspecified atom stereocenters. The third-order valence-electron chi connectivity index (χ3n) is 0.822.